The van der Waals surface area contributed by atoms with Crippen molar-refractivity contribution in [3.8, 4) is 0 Å². The first-order valence-electron chi connectivity index (χ1n) is 11.5. The summed E-state index contributed by atoms with van der Waals surface area (Å²) >= 11 is 3.40. The monoisotopic (exact) mass is 533 g/mol. The first-order valence-corrected chi connectivity index (χ1v) is 13.7. The highest BCUT2D eigenvalue weighted by atomic mass is 79.9. The zero-order chi connectivity index (χ0) is 23.7. The number of hydrogen-bond acceptors (Lipinski definition) is 4. The molecule has 0 radical (unpaired) electrons. The van der Waals surface area contributed by atoms with Gasteiger partial charge in [0.15, 0.2) is 0 Å². The molecule has 2 aromatic rings. The summed E-state index contributed by atoms with van der Waals surface area (Å²) in [5, 5.41) is 2.95. The van der Waals surface area contributed by atoms with E-state index < -0.39 is 15.6 Å². The number of anilines is 1. The molecule has 2 aliphatic rings. The number of carbonyl (C=O) groups is 1. The predicted octanol–water partition coefficient (Wildman–Crippen LogP) is 4.73. The van der Waals surface area contributed by atoms with E-state index in [1.807, 2.05) is 44.2 Å². The number of rotatable bonds is 5. The van der Waals surface area contributed by atoms with Gasteiger partial charge in [-0.1, -0.05) is 34.1 Å². The summed E-state index contributed by atoms with van der Waals surface area (Å²) in [5.41, 5.74) is 0.338. The molecule has 2 saturated heterocycles. The number of nitrogens with one attached hydrogen (secondary N) is 1. The lowest BCUT2D eigenvalue weighted by atomic mass is 9.69. The first kappa shape index (κ1) is 24.4. The van der Waals surface area contributed by atoms with Crippen LogP contribution in [0.5, 0.6) is 0 Å². The fourth-order valence-corrected chi connectivity index (χ4v) is 7.16. The molecule has 6 nitrogen and oxygen atoms in total. The summed E-state index contributed by atoms with van der Waals surface area (Å²) in [5.74, 6) is -0.0219. The van der Waals surface area contributed by atoms with Crippen molar-refractivity contribution >= 4 is 37.5 Å². The summed E-state index contributed by atoms with van der Waals surface area (Å²) in [6.45, 7) is 6.55. The van der Waals surface area contributed by atoms with Gasteiger partial charge in [-0.05, 0) is 94.4 Å². The number of halogens is 1. The number of piperidine rings is 2. The van der Waals surface area contributed by atoms with Crippen molar-refractivity contribution in [3.05, 3.63) is 59.1 Å². The molecule has 0 aromatic heterocycles. The molecule has 2 fully saturated rings. The highest BCUT2D eigenvalue weighted by Gasteiger charge is 2.49. The molecule has 0 bridgehead atoms. The van der Waals surface area contributed by atoms with Crippen LogP contribution in [0.15, 0.2) is 64.0 Å². The van der Waals surface area contributed by atoms with Crippen molar-refractivity contribution in [2.45, 2.75) is 50.0 Å². The van der Waals surface area contributed by atoms with Crippen LogP contribution in [0.1, 0.15) is 39.5 Å². The first-order chi connectivity index (χ1) is 15.6. The lowest BCUT2D eigenvalue weighted by Crippen LogP contribution is -2.59. The Morgan fingerprint density at radius 2 is 1.61 bits per heavy atom. The molecular formula is C25H32BrN3O3S. The Morgan fingerprint density at radius 1 is 0.970 bits per heavy atom. The van der Waals surface area contributed by atoms with Crippen molar-refractivity contribution in [3.63, 3.8) is 0 Å². The van der Waals surface area contributed by atoms with Gasteiger partial charge in [-0.25, -0.2) is 8.42 Å². The number of nitrogens with zero attached hydrogens (tertiary/aromatic N) is 2. The van der Waals surface area contributed by atoms with Crippen LogP contribution in [-0.4, -0.2) is 55.2 Å². The highest BCUT2D eigenvalue weighted by Crippen LogP contribution is 2.46. The third-order valence-electron chi connectivity index (χ3n) is 7.16. The molecule has 0 saturated carbocycles. The average molecular weight is 535 g/mol. The van der Waals surface area contributed by atoms with Gasteiger partial charge < -0.3 is 5.32 Å². The Hall–Kier alpha value is -1.74. The van der Waals surface area contributed by atoms with Gasteiger partial charge in [0.25, 0.3) is 0 Å². The van der Waals surface area contributed by atoms with E-state index in [-0.39, 0.29) is 11.3 Å². The second-order valence-electron chi connectivity index (χ2n) is 9.97. The molecule has 2 aliphatic heterocycles. The van der Waals surface area contributed by atoms with E-state index in [9.17, 15) is 13.2 Å². The van der Waals surface area contributed by atoms with Crippen LogP contribution in [-0.2, 0) is 14.8 Å². The van der Waals surface area contributed by atoms with Gasteiger partial charge in [0.1, 0.15) is 0 Å². The molecule has 1 amide bonds. The van der Waals surface area contributed by atoms with Crippen molar-refractivity contribution in [2.24, 2.45) is 5.41 Å². The molecule has 2 aromatic carbocycles. The van der Waals surface area contributed by atoms with Crippen LogP contribution in [0.2, 0.25) is 0 Å². The predicted molar refractivity (Wildman–Crippen MR) is 135 cm³/mol. The Kier molecular flexibility index (Phi) is 7.01. The molecule has 1 N–H and O–H groups in total. The molecule has 0 atom stereocenters. The maximum Gasteiger partial charge on any atom is 0.243 e. The van der Waals surface area contributed by atoms with Crippen LogP contribution < -0.4 is 5.32 Å². The molecule has 8 heteroatoms. The molecule has 1 spiro atoms. The quantitative estimate of drug-likeness (QED) is 0.602. The maximum atomic E-state index is 13.5. The SMILES string of the molecule is CC1(C)CCC2(CCN(CC(=O)Nc3ccc(Br)cc3)CC2)CN1S(=O)(=O)c1ccccc1. The van der Waals surface area contributed by atoms with E-state index >= 15 is 0 Å². The van der Waals surface area contributed by atoms with Crippen LogP contribution in [0.4, 0.5) is 5.69 Å². The zero-order valence-corrected chi connectivity index (χ0v) is 21.7. The highest BCUT2D eigenvalue weighted by molar-refractivity contribution is 9.10. The van der Waals surface area contributed by atoms with E-state index in [0.29, 0.717) is 18.0 Å². The summed E-state index contributed by atoms with van der Waals surface area (Å²) in [6.07, 6.45) is 3.65. The second-order valence-corrected chi connectivity index (χ2v) is 12.7. The molecule has 0 unspecified atom stereocenters. The van der Waals surface area contributed by atoms with Crippen LogP contribution in [0.3, 0.4) is 0 Å². The summed E-state index contributed by atoms with van der Waals surface area (Å²) < 4.78 is 29.7. The Morgan fingerprint density at radius 3 is 2.24 bits per heavy atom. The lowest BCUT2D eigenvalue weighted by molar-refractivity contribution is -0.118. The molecule has 2 heterocycles. The Bertz CT molecular complexity index is 1080. The van der Waals surface area contributed by atoms with Crippen molar-refractivity contribution in [1.82, 2.24) is 9.21 Å². The number of benzene rings is 2. The standard InChI is InChI=1S/C25H32BrN3O3S/c1-24(2)12-13-25(19-29(24)33(31,32)22-6-4-3-5-7-22)14-16-28(17-15-25)18-23(30)27-21-10-8-20(26)9-11-21/h3-11H,12-19H2,1-2H3,(H,27,30). The fourth-order valence-electron chi connectivity index (χ4n) is 4.95. The Labute approximate surface area is 205 Å². The third kappa shape index (κ3) is 5.50. The molecule has 4 rings (SSSR count). The molecule has 33 heavy (non-hydrogen) atoms. The minimum absolute atomic E-state index is 0.0219. The van der Waals surface area contributed by atoms with Crippen molar-refractivity contribution in [1.29, 1.82) is 0 Å². The van der Waals surface area contributed by atoms with Gasteiger partial charge in [0.05, 0.1) is 11.4 Å². The third-order valence-corrected chi connectivity index (χ3v) is 9.76. The van der Waals surface area contributed by atoms with Crippen molar-refractivity contribution in [2.75, 3.05) is 31.5 Å². The normalized spacial score (nSPS) is 21.1. The molecular weight excluding hydrogens is 502 g/mol. The number of likely N-dealkylation sites (tertiary alicyclic amines) is 1. The minimum atomic E-state index is -3.56. The van der Waals surface area contributed by atoms with E-state index in [0.717, 1.165) is 48.9 Å². The van der Waals surface area contributed by atoms with Gasteiger partial charge >= 0.3 is 0 Å². The average Bonchev–Trinajstić information content (AvgIpc) is 2.79. The Balaban J connectivity index is 1.39. The second kappa shape index (κ2) is 9.49. The zero-order valence-electron chi connectivity index (χ0n) is 19.3. The van der Waals surface area contributed by atoms with Gasteiger partial charge in [-0.3, -0.25) is 9.69 Å². The lowest BCUT2D eigenvalue weighted by Gasteiger charge is -2.53. The fraction of sp³-hybridized carbons (Fsp3) is 0.480. The van der Waals surface area contributed by atoms with Crippen LogP contribution in [0, 0.1) is 5.41 Å². The topological polar surface area (TPSA) is 69.7 Å². The molecule has 0 aliphatic carbocycles. The van der Waals surface area contributed by atoms with E-state index in [4.69, 9.17) is 0 Å². The van der Waals surface area contributed by atoms with E-state index in [2.05, 4.69) is 26.1 Å². The number of amides is 1. The van der Waals surface area contributed by atoms with E-state index in [1.165, 1.54) is 0 Å². The van der Waals surface area contributed by atoms with Crippen molar-refractivity contribution < 1.29 is 13.2 Å². The van der Waals surface area contributed by atoms with Gasteiger partial charge in [-0.15, -0.1) is 0 Å². The minimum Gasteiger partial charge on any atom is -0.325 e. The maximum absolute atomic E-state index is 13.5. The molecule has 178 valence electrons. The van der Waals surface area contributed by atoms with E-state index in [1.54, 1.807) is 28.6 Å². The summed E-state index contributed by atoms with van der Waals surface area (Å²) in [4.78, 5) is 15.0. The number of carbonyl (C=O) groups excluding carboxylic acids is 1. The number of hydrogen-bond donors (Lipinski definition) is 1. The van der Waals surface area contributed by atoms with Gasteiger partial charge in [0.2, 0.25) is 15.9 Å². The van der Waals surface area contributed by atoms with Gasteiger partial charge in [-0.2, -0.15) is 4.31 Å². The largest absolute Gasteiger partial charge is 0.325 e. The smallest absolute Gasteiger partial charge is 0.243 e. The van der Waals surface area contributed by atoms with Crippen LogP contribution in [0.25, 0.3) is 0 Å². The summed E-state index contributed by atoms with van der Waals surface area (Å²) in [7, 11) is -3.56. The van der Waals surface area contributed by atoms with Crippen LogP contribution >= 0.6 is 15.9 Å². The summed E-state index contributed by atoms with van der Waals surface area (Å²) in [6, 6.07) is 16.3. The number of sulfonamides is 1. The van der Waals surface area contributed by atoms with Gasteiger partial charge in [0, 0.05) is 22.2 Å².